The first-order chi connectivity index (χ1) is 14.5. The molecule has 1 fully saturated rings. The van der Waals surface area contributed by atoms with Crippen molar-refractivity contribution in [3.63, 3.8) is 0 Å². The summed E-state index contributed by atoms with van der Waals surface area (Å²) in [6.45, 7) is 4.46. The average Bonchev–Trinajstić information content (AvgIpc) is 3.01. The number of carbonyl (C=O) groups excluding carboxylic acids is 1. The van der Waals surface area contributed by atoms with E-state index in [0.29, 0.717) is 6.54 Å². The number of nitrogens with one attached hydrogen (secondary N) is 1. The number of carbonyl (C=O) groups is 1. The van der Waals surface area contributed by atoms with Crippen LogP contribution in [0.5, 0.6) is 0 Å². The SMILES string of the molecule is O=C(CCNS(=O)(=O)c1ccccc1)N1CCCN(CCCc2ccccc2)CC1. The Morgan fingerprint density at radius 1 is 0.900 bits per heavy atom. The highest BCUT2D eigenvalue weighted by atomic mass is 32.2. The third-order valence-corrected chi connectivity index (χ3v) is 6.89. The minimum Gasteiger partial charge on any atom is -0.341 e. The monoisotopic (exact) mass is 429 g/mol. The molecule has 162 valence electrons. The molecule has 0 unspecified atom stereocenters. The van der Waals surface area contributed by atoms with Gasteiger partial charge >= 0.3 is 0 Å². The highest BCUT2D eigenvalue weighted by Gasteiger charge is 2.20. The largest absolute Gasteiger partial charge is 0.341 e. The van der Waals surface area contributed by atoms with Gasteiger partial charge in [0.2, 0.25) is 15.9 Å². The second kappa shape index (κ2) is 11.2. The Labute approximate surface area is 179 Å². The summed E-state index contributed by atoms with van der Waals surface area (Å²) in [5.41, 5.74) is 1.36. The maximum atomic E-state index is 12.6. The zero-order chi connectivity index (χ0) is 21.2. The second-order valence-corrected chi connectivity index (χ2v) is 9.39. The first kappa shape index (κ1) is 22.5. The van der Waals surface area contributed by atoms with Gasteiger partial charge in [0.15, 0.2) is 0 Å². The number of sulfonamides is 1. The van der Waals surface area contributed by atoms with Gasteiger partial charge in [-0.25, -0.2) is 13.1 Å². The van der Waals surface area contributed by atoms with Crippen LogP contribution in [0, 0.1) is 0 Å². The van der Waals surface area contributed by atoms with E-state index in [2.05, 4.69) is 33.9 Å². The van der Waals surface area contributed by atoms with Gasteiger partial charge in [-0.2, -0.15) is 0 Å². The van der Waals surface area contributed by atoms with Gasteiger partial charge in [0.1, 0.15) is 0 Å². The van der Waals surface area contributed by atoms with Crippen molar-refractivity contribution in [1.29, 1.82) is 0 Å². The van der Waals surface area contributed by atoms with Gasteiger partial charge in [-0.05, 0) is 50.0 Å². The van der Waals surface area contributed by atoms with E-state index >= 15 is 0 Å². The molecule has 0 aliphatic carbocycles. The molecule has 0 spiro atoms. The molecular formula is C23H31N3O3S. The third kappa shape index (κ3) is 6.93. The molecule has 2 aromatic rings. The van der Waals surface area contributed by atoms with Crippen molar-refractivity contribution in [2.75, 3.05) is 39.3 Å². The molecule has 0 saturated carbocycles. The normalized spacial score (nSPS) is 15.7. The van der Waals surface area contributed by atoms with Crippen LogP contribution in [0.1, 0.15) is 24.8 Å². The highest BCUT2D eigenvalue weighted by molar-refractivity contribution is 7.89. The van der Waals surface area contributed by atoms with Gasteiger partial charge in [0, 0.05) is 32.6 Å². The smallest absolute Gasteiger partial charge is 0.240 e. The van der Waals surface area contributed by atoms with Crippen molar-refractivity contribution in [1.82, 2.24) is 14.5 Å². The predicted molar refractivity (Wildman–Crippen MR) is 119 cm³/mol. The second-order valence-electron chi connectivity index (χ2n) is 7.63. The molecular weight excluding hydrogens is 398 g/mol. The highest BCUT2D eigenvalue weighted by Crippen LogP contribution is 2.09. The quantitative estimate of drug-likeness (QED) is 0.665. The molecule has 1 N–H and O–H groups in total. The van der Waals surface area contributed by atoms with Crippen LogP contribution in [0.3, 0.4) is 0 Å². The minimum absolute atomic E-state index is 0.0110. The van der Waals surface area contributed by atoms with Crippen LogP contribution >= 0.6 is 0 Å². The molecule has 30 heavy (non-hydrogen) atoms. The molecule has 1 heterocycles. The first-order valence-corrected chi connectivity index (χ1v) is 12.1. The molecule has 2 aromatic carbocycles. The fraction of sp³-hybridized carbons (Fsp3) is 0.435. The summed E-state index contributed by atoms with van der Waals surface area (Å²) in [5, 5.41) is 0. The Bertz CT molecular complexity index is 888. The van der Waals surface area contributed by atoms with Crippen LogP contribution in [-0.2, 0) is 21.2 Å². The van der Waals surface area contributed by atoms with Gasteiger partial charge in [0.05, 0.1) is 4.90 Å². The minimum atomic E-state index is -3.56. The van der Waals surface area contributed by atoms with Crippen LogP contribution in [-0.4, -0.2) is 63.4 Å². The number of hydrogen-bond donors (Lipinski definition) is 1. The molecule has 1 aliphatic heterocycles. The first-order valence-electron chi connectivity index (χ1n) is 10.6. The van der Waals surface area contributed by atoms with Gasteiger partial charge < -0.3 is 9.80 Å². The zero-order valence-corrected chi connectivity index (χ0v) is 18.2. The Kier molecular flexibility index (Phi) is 8.42. The van der Waals surface area contributed by atoms with Gasteiger partial charge in [-0.15, -0.1) is 0 Å². The van der Waals surface area contributed by atoms with Crippen molar-refractivity contribution in [2.45, 2.75) is 30.6 Å². The molecule has 0 radical (unpaired) electrons. The van der Waals surface area contributed by atoms with Gasteiger partial charge in [-0.1, -0.05) is 48.5 Å². The molecule has 0 aromatic heterocycles. The molecule has 6 nitrogen and oxygen atoms in total. The lowest BCUT2D eigenvalue weighted by atomic mass is 10.1. The van der Waals surface area contributed by atoms with Crippen LogP contribution in [0.25, 0.3) is 0 Å². The average molecular weight is 430 g/mol. The van der Waals surface area contributed by atoms with Crippen molar-refractivity contribution < 1.29 is 13.2 Å². The molecule has 0 atom stereocenters. The predicted octanol–water partition coefficient (Wildman–Crippen LogP) is 2.52. The van der Waals surface area contributed by atoms with Crippen molar-refractivity contribution in [2.24, 2.45) is 0 Å². The van der Waals surface area contributed by atoms with Crippen molar-refractivity contribution >= 4 is 15.9 Å². The number of rotatable bonds is 9. The number of benzene rings is 2. The van der Waals surface area contributed by atoms with E-state index in [1.54, 1.807) is 30.3 Å². The Morgan fingerprint density at radius 2 is 1.60 bits per heavy atom. The summed E-state index contributed by atoms with van der Waals surface area (Å²) in [6.07, 6.45) is 3.31. The number of hydrogen-bond acceptors (Lipinski definition) is 4. The third-order valence-electron chi connectivity index (χ3n) is 5.41. The van der Waals surface area contributed by atoms with Crippen LogP contribution in [0.2, 0.25) is 0 Å². The van der Waals surface area contributed by atoms with E-state index in [1.165, 1.54) is 5.56 Å². The molecule has 1 aliphatic rings. The Hall–Kier alpha value is -2.22. The zero-order valence-electron chi connectivity index (χ0n) is 17.4. The van der Waals surface area contributed by atoms with Gasteiger partial charge in [0.25, 0.3) is 0 Å². The van der Waals surface area contributed by atoms with Crippen molar-refractivity contribution in [3.05, 3.63) is 66.2 Å². The summed E-state index contributed by atoms with van der Waals surface area (Å²) in [4.78, 5) is 17.1. The maximum absolute atomic E-state index is 12.6. The molecule has 3 rings (SSSR count). The molecule has 1 saturated heterocycles. The summed E-state index contributed by atoms with van der Waals surface area (Å²) in [5.74, 6) is 0.0110. The molecule has 1 amide bonds. The van der Waals surface area contributed by atoms with Gasteiger partial charge in [-0.3, -0.25) is 4.79 Å². The van der Waals surface area contributed by atoms with E-state index in [-0.39, 0.29) is 23.8 Å². The summed E-state index contributed by atoms with van der Waals surface area (Å²) >= 11 is 0. The number of amides is 1. The van der Waals surface area contributed by atoms with E-state index < -0.39 is 10.0 Å². The van der Waals surface area contributed by atoms with E-state index in [1.807, 2.05) is 11.0 Å². The fourth-order valence-electron chi connectivity index (χ4n) is 3.73. The summed E-state index contributed by atoms with van der Waals surface area (Å²) in [7, 11) is -3.56. The van der Waals surface area contributed by atoms with Crippen LogP contribution in [0.15, 0.2) is 65.6 Å². The summed E-state index contributed by atoms with van der Waals surface area (Å²) < 4.78 is 27.0. The van der Waals surface area contributed by atoms with Crippen molar-refractivity contribution in [3.8, 4) is 0 Å². The fourth-order valence-corrected chi connectivity index (χ4v) is 4.78. The summed E-state index contributed by atoms with van der Waals surface area (Å²) in [6, 6.07) is 18.7. The standard InChI is InChI=1S/C23H31N3O3S/c27-23(14-15-24-30(28,29)22-12-5-2-6-13-22)26-18-8-17-25(19-20-26)16-7-11-21-9-3-1-4-10-21/h1-6,9-10,12-13,24H,7-8,11,14-20H2. The maximum Gasteiger partial charge on any atom is 0.240 e. The van der Waals surface area contributed by atoms with Crippen LogP contribution < -0.4 is 4.72 Å². The van der Waals surface area contributed by atoms with E-state index in [4.69, 9.17) is 0 Å². The molecule has 0 bridgehead atoms. The van der Waals surface area contributed by atoms with E-state index in [0.717, 1.165) is 45.4 Å². The lowest BCUT2D eigenvalue weighted by molar-refractivity contribution is -0.130. The lowest BCUT2D eigenvalue weighted by Gasteiger charge is -2.22. The van der Waals surface area contributed by atoms with Crippen LogP contribution in [0.4, 0.5) is 0 Å². The number of aryl methyl sites for hydroxylation is 1. The Morgan fingerprint density at radius 3 is 2.33 bits per heavy atom. The number of nitrogens with zero attached hydrogens (tertiary/aromatic N) is 2. The molecule has 7 heteroatoms. The lowest BCUT2D eigenvalue weighted by Crippen LogP contribution is -2.37. The Balaban J connectivity index is 1.37. The topological polar surface area (TPSA) is 69.7 Å². The van der Waals surface area contributed by atoms with E-state index in [9.17, 15) is 13.2 Å².